The molecule has 6 nitrogen and oxygen atoms in total. The number of nitrogens with one attached hydrogen (secondary N) is 1. The van der Waals surface area contributed by atoms with Crippen molar-refractivity contribution in [2.75, 3.05) is 17.7 Å². The van der Waals surface area contributed by atoms with Crippen LogP contribution in [0.1, 0.15) is 12.5 Å². The van der Waals surface area contributed by atoms with Gasteiger partial charge in [0.1, 0.15) is 5.75 Å². The molecule has 0 aliphatic heterocycles. The average molecular weight is 577 g/mol. The van der Waals surface area contributed by atoms with Crippen LogP contribution in [-0.2, 0) is 11.0 Å². The topological polar surface area (TPSA) is 69.0 Å². The van der Waals surface area contributed by atoms with E-state index >= 15 is 0 Å². The van der Waals surface area contributed by atoms with Gasteiger partial charge in [0, 0.05) is 15.7 Å². The highest BCUT2D eigenvalue weighted by atomic mass is 79.9. The maximum atomic E-state index is 13.4. The number of ether oxygens (including phenoxy) is 1. The molecule has 0 fully saturated rings. The van der Waals surface area contributed by atoms with E-state index in [4.69, 9.17) is 4.74 Å². The lowest BCUT2D eigenvalue weighted by Gasteiger charge is -2.14. The van der Waals surface area contributed by atoms with Gasteiger partial charge in [-0.25, -0.2) is 0 Å². The largest absolute Gasteiger partial charge is 0.494 e. The number of carbonyl (C=O) groups is 1. The molecule has 1 aromatic heterocycles. The highest BCUT2D eigenvalue weighted by Gasteiger charge is 2.34. The number of aromatic nitrogens is 3. The zero-order valence-corrected chi connectivity index (χ0v) is 21.3. The molecule has 0 aliphatic rings. The van der Waals surface area contributed by atoms with Crippen LogP contribution in [0.25, 0.3) is 17.1 Å². The number of nitrogens with zero attached hydrogens (tertiary/aromatic N) is 3. The second kappa shape index (κ2) is 11.2. The summed E-state index contributed by atoms with van der Waals surface area (Å²) in [6, 6.07) is 20.3. The van der Waals surface area contributed by atoms with Gasteiger partial charge in [-0.3, -0.25) is 9.36 Å². The minimum Gasteiger partial charge on any atom is -0.494 e. The fourth-order valence-electron chi connectivity index (χ4n) is 3.40. The Morgan fingerprint density at radius 2 is 1.78 bits per heavy atom. The maximum absolute atomic E-state index is 13.4. The smallest absolute Gasteiger partial charge is 0.418 e. The first-order chi connectivity index (χ1) is 17.3. The molecule has 1 heterocycles. The predicted molar refractivity (Wildman–Crippen MR) is 136 cm³/mol. The summed E-state index contributed by atoms with van der Waals surface area (Å²) in [5.41, 5.74) is 0.325. The number of alkyl halides is 3. The average Bonchev–Trinajstić information content (AvgIpc) is 3.28. The molecule has 4 rings (SSSR count). The predicted octanol–water partition coefficient (Wildman–Crippen LogP) is 6.85. The Kier molecular flexibility index (Phi) is 8.00. The van der Waals surface area contributed by atoms with Crippen molar-refractivity contribution in [3.05, 3.63) is 82.8 Å². The highest BCUT2D eigenvalue weighted by molar-refractivity contribution is 9.10. The van der Waals surface area contributed by atoms with Crippen molar-refractivity contribution in [1.82, 2.24) is 14.8 Å². The minimum atomic E-state index is -4.61. The number of thioether (sulfide) groups is 1. The van der Waals surface area contributed by atoms with E-state index in [0.29, 0.717) is 23.3 Å². The molecule has 11 heteroatoms. The molecule has 4 aromatic rings. The van der Waals surface area contributed by atoms with Gasteiger partial charge in [0.25, 0.3) is 0 Å². The number of rotatable bonds is 8. The molecule has 0 saturated heterocycles. The maximum Gasteiger partial charge on any atom is 0.418 e. The molecular formula is C25H20BrF3N4O2S. The first kappa shape index (κ1) is 25.8. The van der Waals surface area contributed by atoms with Crippen LogP contribution in [0.3, 0.4) is 0 Å². The van der Waals surface area contributed by atoms with Crippen molar-refractivity contribution >= 4 is 39.3 Å². The number of carbonyl (C=O) groups excluding carboxylic acids is 1. The van der Waals surface area contributed by atoms with E-state index in [1.165, 1.54) is 12.1 Å². The van der Waals surface area contributed by atoms with Gasteiger partial charge in [-0.2, -0.15) is 13.2 Å². The molecule has 3 aromatic carbocycles. The Labute approximate surface area is 218 Å². The second-order valence-electron chi connectivity index (χ2n) is 7.46. The lowest BCUT2D eigenvalue weighted by atomic mass is 10.1. The van der Waals surface area contributed by atoms with Gasteiger partial charge in [-0.05, 0) is 49.4 Å². The van der Waals surface area contributed by atoms with Crippen molar-refractivity contribution in [3.63, 3.8) is 0 Å². The van der Waals surface area contributed by atoms with Crippen LogP contribution in [0.5, 0.6) is 5.75 Å². The molecule has 0 radical (unpaired) electrons. The molecule has 0 spiro atoms. The van der Waals surface area contributed by atoms with Gasteiger partial charge in [0.2, 0.25) is 5.91 Å². The van der Waals surface area contributed by atoms with Crippen LogP contribution in [0, 0.1) is 0 Å². The lowest BCUT2D eigenvalue weighted by molar-refractivity contribution is -0.137. The van der Waals surface area contributed by atoms with Gasteiger partial charge >= 0.3 is 6.18 Å². The summed E-state index contributed by atoms with van der Waals surface area (Å²) in [7, 11) is 0. The monoisotopic (exact) mass is 576 g/mol. The van der Waals surface area contributed by atoms with E-state index < -0.39 is 17.6 Å². The van der Waals surface area contributed by atoms with Crippen LogP contribution < -0.4 is 10.1 Å². The van der Waals surface area contributed by atoms with E-state index in [9.17, 15) is 18.0 Å². The Hall–Kier alpha value is -3.31. The van der Waals surface area contributed by atoms with Crippen LogP contribution >= 0.6 is 27.7 Å². The standard InChI is InChI=1S/C25H20BrF3N4O2S/c1-2-35-19-11-9-18(10-12-19)33-23(16-6-4-3-5-7-16)31-32-24(33)36-15-22(34)30-21-13-8-17(26)14-20(21)25(27,28)29/h3-14H,2,15H2,1H3,(H,30,34). The van der Waals surface area contributed by atoms with Gasteiger partial charge < -0.3 is 10.1 Å². The van der Waals surface area contributed by atoms with Crippen LogP contribution in [0.2, 0.25) is 0 Å². The lowest BCUT2D eigenvalue weighted by Crippen LogP contribution is -2.18. The summed E-state index contributed by atoms with van der Waals surface area (Å²) in [5, 5.41) is 11.3. The van der Waals surface area contributed by atoms with Crippen LogP contribution in [0.15, 0.2) is 82.4 Å². The molecule has 0 unspecified atom stereocenters. The third kappa shape index (κ3) is 6.08. The summed E-state index contributed by atoms with van der Waals surface area (Å²) >= 11 is 4.11. The number of hydrogen-bond donors (Lipinski definition) is 1. The van der Waals surface area contributed by atoms with Gasteiger partial charge in [-0.1, -0.05) is 58.0 Å². The van der Waals surface area contributed by atoms with Gasteiger partial charge in [0.05, 0.1) is 23.6 Å². The fourth-order valence-corrected chi connectivity index (χ4v) is 4.52. The molecule has 0 atom stereocenters. The first-order valence-electron chi connectivity index (χ1n) is 10.8. The SMILES string of the molecule is CCOc1ccc(-n2c(SCC(=O)Nc3ccc(Br)cc3C(F)(F)F)nnc2-c2ccccc2)cc1. The Balaban J connectivity index is 1.59. The highest BCUT2D eigenvalue weighted by Crippen LogP contribution is 2.37. The zero-order chi connectivity index (χ0) is 25.7. The molecule has 1 N–H and O–H groups in total. The van der Waals surface area contributed by atoms with Crippen molar-refractivity contribution in [2.24, 2.45) is 0 Å². The van der Waals surface area contributed by atoms with Crippen molar-refractivity contribution < 1.29 is 22.7 Å². The van der Waals surface area contributed by atoms with Crippen molar-refractivity contribution in [2.45, 2.75) is 18.3 Å². The summed E-state index contributed by atoms with van der Waals surface area (Å²) in [6.07, 6.45) is -4.61. The summed E-state index contributed by atoms with van der Waals surface area (Å²) in [4.78, 5) is 12.6. The number of hydrogen-bond acceptors (Lipinski definition) is 5. The Morgan fingerprint density at radius 1 is 1.06 bits per heavy atom. The van der Waals surface area contributed by atoms with Crippen molar-refractivity contribution in [3.8, 4) is 22.8 Å². The number of anilines is 1. The molecule has 0 saturated carbocycles. The third-order valence-corrected chi connectivity index (χ3v) is 6.39. The second-order valence-corrected chi connectivity index (χ2v) is 9.32. The molecule has 186 valence electrons. The Bertz CT molecular complexity index is 1350. The molecule has 0 bridgehead atoms. The van der Waals surface area contributed by atoms with Crippen molar-refractivity contribution in [1.29, 1.82) is 0 Å². The van der Waals surface area contributed by atoms with Crippen LogP contribution in [-0.4, -0.2) is 33.0 Å². The van der Waals surface area contributed by atoms with E-state index in [1.54, 1.807) is 4.57 Å². The third-order valence-electron chi connectivity index (χ3n) is 4.96. The summed E-state index contributed by atoms with van der Waals surface area (Å²) < 4.78 is 47.8. The molecule has 0 aliphatic carbocycles. The molecule has 36 heavy (non-hydrogen) atoms. The van der Waals surface area contributed by atoms with Gasteiger partial charge in [0.15, 0.2) is 11.0 Å². The number of benzene rings is 3. The van der Waals surface area contributed by atoms with E-state index in [1.807, 2.05) is 61.5 Å². The minimum absolute atomic E-state index is 0.169. The number of halogens is 4. The Morgan fingerprint density at radius 3 is 2.44 bits per heavy atom. The molecule has 1 amide bonds. The normalized spacial score (nSPS) is 11.4. The van der Waals surface area contributed by atoms with E-state index in [0.717, 1.165) is 29.1 Å². The fraction of sp³-hybridized carbons (Fsp3) is 0.160. The van der Waals surface area contributed by atoms with Gasteiger partial charge in [-0.15, -0.1) is 10.2 Å². The van der Waals surface area contributed by atoms with E-state index in [2.05, 4.69) is 31.4 Å². The van der Waals surface area contributed by atoms with E-state index in [-0.39, 0.29) is 15.9 Å². The molecular weight excluding hydrogens is 557 g/mol. The number of amides is 1. The van der Waals surface area contributed by atoms with Crippen LogP contribution in [0.4, 0.5) is 18.9 Å². The zero-order valence-electron chi connectivity index (χ0n) is 18.9. The summed E-state index contributed by atoms with van der Waals surface area (Å²) in [6.45, 7) is 2.43. The quantitative estimate of drug-likeness (QED) is 0.232. The first-order valence-corrected chi connectivity index (χ1v) is 12.6. The summed E-state index contributed by atoms with van der Waals surface area (Å²) in [5.74, 6) is 0.501.